The molecule has 1 aliphatic heterocycles. The van der Waals surface area contributed by atoms with Crippen LogP contribution in [0.25, 0.3) is 11.2 Å². The van der Waals surface area contributed by atoms with Gasteiger partial charge in [-0.2, -0.15) is 13.8 Å². The van der Waals surface area contributed by atoms with E-state index < -0.39 is 54.2 Å². The number of aliphatic hydroxyl groups is 1. The van der Waals surface area contributed by atoms with Gasteiger partial charge < -0.3 is 30.9 Å². The third-order valence-corrected chi connectivity index (χ3v) is 4.88. The monoisotopic (exact) mass is 477 g/mol. The minimum absolute atomic E-state index is 0.00596. The van der Waals surface area contributed by atoms with E-state index in [4.69, 9.17) is 15.2 Å². The molecule has 2 aromatic heterocycles. The second-order valence-electron chi connectivity index (χ2n) is 7.00. The van der Waals surface area contributed by atoms with Gasteiger partial charge in [-0.3, -0.25) is 23.9 Å². The Morgan fingerprint density at radius 1 is 1.44 bits per heavy atom. The second-order valence-corrected chi connectivity index (χ2v) is 7.73. The molecule has 5 unspecified atom stereocenters. The summed E-state index contributed by atoms with van der Waals surface area (Å²) in [5, 5.41) is 14.8. The predicted octanol–water partition coefficient (Wildman–Crippen LogP) is -1.93. The van der Waals surface area contributed by atoms with Gasteiger partial charge in [-0.25, -0.2) is 4.98 Å². The molecule has 3 rings (SSSR count). The van der Waals surface area contributed by atoms with Gasteiger partial charge in [0.15, 0.2) is 17.4 Å². The fourth-order valence-electron chi connectivity index (χ4n) is 3.07. The summed E-state index contributed by atoms with van der Waals surface area (Å²) >= 11 is 0. The van der Waals surface area contributed by atoms with Gasteiger partial charge in [-0.15, -0.1) is 0 Å². The molecule has 2 aromatic rings. The first-order chi connectivity index (χ1) is 15.0. The zero-order valence-corrected chi connectivity index (χ0v) is 17.9. The van der Waals surface area contributed by atoms with E-state index in [2.05, 4.69) is 20.3 Å². The smallest absolute Gasteiger partial charge is 0.334 e. The summed E-state index contributed by atoms with van der Waals surface area (Å²) in [6, 6.07) is 0. The number of halogens is 2. The number of nitrogens with zero attached hydrogens (tertiary/aromatic N) is 3. The maximum atomic E-state index is 12.7. The first-order valence-electron chi connectivity index (χ1n) is 9.38. The molecule has 32 heavy (non-hydrogen) atoms. The highest BCUT2D eigenvalue weighted by molar-refractivity contribution is 7.20. The lowest BCUT2D eigenvalue weighted by Crippen LogP contribution is -2.42. The fraction of sp³-hybridized carbons (Fsp3) is 0.562. The van der Waals surface area contributed by atoms with Crippen molar-refractivity contribution >= 4 is 38.2 Å². The number of rotatable bonds is 8. The molecule has 0 saturated carbocycles. The van der Waals surface area contributed by atoms with Crippen LogP contribution in [0, 0.1) is 0 Å². The Bertz CT molecular complexity index is 1060. The maximum Gasteiger partial charge on any atom is 0.334 e. The molecule has 0 bridgehead atoms. The zero-order chi connectivity index (χ0) is 23.6. The standard InChI is InChI=1S/C16H22F2N7O6P/c1-6-9(27)10(30-4-7(26)20-2-3-21-14(29)16(17,18)32)13(31-6)25-5-22-8-11(25)23-15(19)24-12(8)28/h5-6,9-10,13,27H,2-4,32H2,1H3,(H,20,26)(H,21,29)(H3,19,23,24,28). The van der Waals surface area contributed by atoms with Crippen molar-refractivity contribution in [3.05, 3.63) is 16.7 Å². The Morgan fingerprint density at radius 3 is 2.81 bits per heavy atom. The van der Waals surface area contributed by atoms with E-state index in [0.29, 0.717) is 0 Å². The normalized spacial score (nSPS) is 23.4. The summed E-state index contributed by atoms with van der Waals surface area (Å²) in [6.45, 7) is 0.770. The number of aromatic amines is 1. The van der Waals surface area contributed by atoms with Crippen LogP contribution in [0.1, 0.15) is 13.2 Å². The number of anilines is 1. The number of hydrogen-bond acceptors (Lipinski definition) is 9. The number of amides is 2. The molecule has 1 fully saturated rings. The largest absolute Gasteiger partial charge is 0.388 e. The van der Waals surface area contributed by atoms with Crippen LogP contribution in [-0.2, 0) is 19.1 Å². The average Bonchev–Trinajstić information content (AvgIpc) is 3.24. The number of aliphatic hydroxyl groups excluding tert-OH is 1. The minimum atomic E-state index is -3.60. The van der Waals surface area contributed by atoms with Gasteiger partial charge in [0.05, 0.1) is 12.4 Å². The topological polar surface area (TPSA) is 186 Å². The van der Waals surface area contributed by atoms with E-state index in [1.54, 1.807) is 6.92 Å². The lowest BCUT2D eigenvalue weighted by molar-refractivity contribution is -0.135. The van der Waals surface area contributed by atoms with E-state index in [1.165, 1.54) is 10.9 Å². The molecule has 3 heterocycles. The number of aromatic nitrogens is 4. The SMILES string of the molecule is CC1OC(n2cnc3c(=O)[nH]c(N)nc32)C(OCC(=O)NCCNC(=O)C(F)(F)P)C1O. The molecule has 0 spiro atoms. The Kier molecular flexibility index (Phi) is 7.03. The number of carbonyl (C=O) groups is 2. The van der Waals surface area contributed by atoms with Crippen LogP contribution in [0.3, 0.4) is 0 Å². The van der Waals surface area contributed by atoms with Crippen LogP contribution < -0.4 is 21.9 Å². The highest BCUT2D eigenvalue weighted by Gasteiger charge is 2.44. The molecule has 16 heteroatoms. The van der Waals surface area contributed by atoms with Gasteiger partial charge in [0, 0.05) is 13.1 Å². The molecule has 5 atom stereocenters. The van der Waals surface area contributed by atoms with Gasteiger partial charge in [0.25, 0.3) is 11.5 Å². The molecule has 6 N–H and O–H groups in total. The van der Waals surface area contributed by atoms with E-state index in [1.807, 2.05) is 5.32 Å². The Balaban J connectivity index is 1.61. The summed E-state index contributed by atoms with van der Waals surface area (Å²) in [5.74, 6) is -2.24. The number of nitrogen functional groups attached to an aromatic ring is 1. The zero-order valence-electron chi connectivity index (χ0n) is 16.7. The van der Waals surface area contributed by atoms with E-state index in [-0.39, 0.29) is 30.2 Å². The molecule has 0 aromatic carbocycles. The van der Waals surface area contributed by atoms with Gasteiger partial charge in [0.2, 0.25) is 11.9 Å². The summed E-state index contributed by atoms with van der Waals surface area (Å²) in [4.78, 5) is 45.4. The first-order valence-corrected chi connectivity index (χ1v) is 9.96. The summed E-state index contributed by atoms with van der Waals surface area (Å²) in [7, 11) is 1.11. The third-order valence-electron chi connectivity index (χ3n) is 4.62. The Labute approximate surface area is 181 Å². The van der Waals surface area contributed by atoms with E-state index in [9.17, 15) is 28.3 Å². The molecule has 1 saturated heterocycles. The Morgan fingerprint density at radius 2 is 2.12 bits per heavy atom. The highest BCUT2D eigenvalue weighted by Crippen LogP contribution is 2.33. The number of alkyl halides is 2. The van der Waals surface area contributed by atoms with Crippen molar-refractivity contribution in [2.24, 2.45) is 0 Å². The number of fused-ring (bicyclic) bond motifs is 1. The highest BCUT2D eigenvalue weighted by atomic mass is 31.0. The van der Waals surface area contributed by atoms with E-state index in [0.717, 1.165) is 9.24 Å². The molecular formula is C16H22F2N7O6P. The van der Waals surface area contributed by atoms with Gasteiger partial charge in [-0.1, -0.05) is 9.24 Å². The maximum absolute atomic E-state index is 12.7. The quantitative estimate of drug-likeness (QED) is 0.213. The van der Waals surface area contributed by atoms with Gasteiger partial charge in [-0.05, 0) is 6.92 Å². The number of nitrogens with two attached hydrogens (primary N) is 1. The van der Waals surface area contributed by atoms with Crippen LogP contribution in [0.2, 0.25) is 0 Å². The molecule has 2 amide bonds. The number of nitrogens with one attached hydrogen (secondary N) is 3. The lowest BCUT2D eigenvalue weighted by atomic mass is 10.1. The summed E-state index contributed by atoms with van der Waals surface area (Å²) < 4.78 is 38.1. The predicted molar refractivity (Wildman–Crippen MR) is 109 cm³/mol. The molecular weight excluding hydrogens is 455 g/mol. The van der Waals surface area contributed by atoms with Crippen LogP contribution in [0.4, 0.5) is 14.7 Å². The van der Waals surface area contributed by atoms with Crippen molar-refractivity contribution in [2.75, 3.05) is 25.4 Å². The average molecular weight is 477 g/mol. The first kappa shape index (κ1) is 23.9. The van der Waals surface area contributed by atoms with Crippen molar-refractivity contribution in [3.8, 4) is 0 Å². The third kappa shape index (κ3) is 5.18. The van der Waals surface area contributed by atoms with Crippen LogP contribution in [0.15, 0.2) is 11.1 Å². The molecule has 0 aliphatic carbocycles. The second kappa shape index (κ2) is 9.40. The Hall–Kier alpha value is -2.74. The molecule has 13 nitrogen and oxygen atoms in total. The van der Waals surface area contributed by atoms with Crippen LogP contribution >= 0.6 is 9.24 Å². The van der Waals surface area contributed by atoms with Crippen molar-refractivity contribution in [1.82, 2.24) is 30.2 Å². The molecule has 1 aliphatic rings. The van der Waals surface area contributed by atoms with Crippen molar-refractivity contribution < 1.29 is 33.0 Å². The number of imidazole rings is 1. The van der Waals surface area contributed by atoms with Crippen LogP contribution in [0.5, 0.6) is 0 Å². The van der Waals surface area contributed by atoms with E-state index >= 15 is 0 Å². The number of H-pyrrole nitrogens is 1. The number of ether oxygens (including phenoxy) is 2. The number of hydrogen-bond donors (Lipinski definition) is 5. The van der Waals surface area contributed by atoms with Gasteiger partial charge in [0.1, 0.15) is 18.8 Å². The van der Waals surface area contributed by atoms with Crippen molar-refractivity contribution in [1.29, 1.82) is 0 Å². The summed E-state index contributed by atoms with van der Waals surface area (Å²) in [6.07, 6.45) is -2.49. The minimum Gasteiger partial charge on any atom is -0.388 e. The van der Waals surface area contributed by atoms with Crippen LogP contribution in [-0.4, -0.2) is 80.1 Å². The van der Waals surface area contributed by atoms with Crippen molar-refractivity contribution in [3.63, 3.8) is 0 Å². The molecule has 0 radical (unpaired) electrons. The number of carbonyl (C=O) groups excluding carboxylic acids is 2. The van der Waals surface area contributed by atoms with Crippen molar-refractivity contribution in [2.45, 2.75) is 37.1 Å². The van der Waals surface area contributed by atoms with Gasteiger partial charge >= 0.3 is 5.66 Å². The molecule has 176 valence electrons. The summed E-state index contributed by atoms with van der Waals surface area (Å²) in [5.41, 5.74) is 1.55. The fourth-order valence-corrected chi connectivity index (χ4v) is 3.17. The lowest BCUT2D eigenvalue weighted by Gasteiger charge is -2.22.